The maximum atomic E-state index is 12.2. The Labute approximate surface area is 153 Å². The number of carbonyl (C=O) groups excluding carboxylic acids is 1. The molecule has 1 aliphatic carbocycles. The molecule has 1 aromatic carbocycles. The van der Waals surface area contributed by atoms with Crippen molar-refractivity contribution in [3.63, 3.8) is 0 Å². The Kier molecular flexibility index (Phi) is 7.26. The molecule has 0 saturated heterocycles. The van der Waals surface area contributed by atoms with Crippen molar-refractivity contribution >= 4 is 23.5 Å². The highest BCUT2D eigenvalue weighted by atomic mass is 35.5. The third kappa shape index (κ3) is 6.33. The minimum absolute atomic E-state index is 0.0770. The zero-order chi connectivity index (χ0) is 18.4. The lowest BCUT2D eigenvalue weighted by Crippen LogP contribution is -2.32. The molecule has 0 aliphatic heterocycles. The molecule has 0 heterocycles. The quantitative estimate of drug-likeness (QED) is 0.687. The summed E-state index contributed by atoms with van der Waals surface area (Å²) in [4.78, 5) is 23.0. The molecule has 3 N–H and O–H groups in total. The summed E-state index contributed by atoms with van der Waals surface area (Å²) >= 11 is 6.03. The van der Waals surface area contributed by atoms with Crippen molar-refractivity contribution in [2.75, 3.05) is 0 Å². The molecule has 2 rings (SSSR count). The minimum Gasteiger partial charge on any atom is -0.480 e. The Morgan fingerprint density at radius 2 is 2.16 bits per heavy atom. The molecule has 4 atom stereocenters. The fourth-order valence-corrected chi connectivity index (χ4v) is 3.69. The fraction of sp³-hybridized carbons (Fsp3) is 0.579. The molecular formula is C19H26ClNO4. The van der Waals surface area contributed by atoms with E-state index in [1.807, 2.05) is 31.2 Å². The molecule has 0 amide bonds. The first-order valence-electron chi connectivity index (χ1n) is 8.77. The molecule has 1 fully saturated rings. The lowest BCUT2D eigenvalue weighted by Gasteiger charge is -2.21. The Morgan fingerprint density at radius 3 is 2.84 bits per heavy atom. The smallest absolute Gasteiger partial charge is 0.320 e. The zero-order valence-electron chi connectivity index (χ0n) is 14.5. The van der Waals surface area contributed by atoms with Crippen molar-refractivity contribution in [2.24, 2.45) is 17.6 Å². The summed E-state index contributed by atoms with van der Waals surface area (Å²) in [6.07, 6.45) is 4.18. The van der Waals surface area contributed by atoms with E-state index in [9.17, 15) is 9.59 Å². The van der Waals surface area contributed by atoms with Crippen LogP contribution in [0.2, 0.25) is 5.02 Å². The average molecular weight is 368 g/mol. The monoisotopic (exact) mass is 367 g/mol. The van der Waals surface area contributed by atoms with Crippen molar-refractivity contribution in [2.45, 2.75) is 57.6 Å². The van der Waals surface area contributed by atoms with E-state index in [1.165, 1.54) is 0 Å². The van der Waals surface area contributed by atoms with Gasteiger partial charge in [-0.05, 0) is 61.6 Å². The van der Waals surface area contributed by atoms with E-state index in [0.717, 1.165) is 31.2 Å². The Morgan fingerprint density at radius 1 is 1.40 bits per heavy atom. The first-order chi connectivity index (χ1) is 11.8. The van der Waals surface area contributed by atoms with Crippen LogP contribution in [-0.2, 0) is 20.7 Å². The Hall–Kier alpha value is -1.59. The maximum absolute atomic E-state index is 12.2. The van der Waals surface area contributed by atoms with Gasteiger partial charge in [0.05, 0.1) is 0 Å². The molecule has 0 bridgehead atoms. The molecule has 0 aromatic heterocycles. The fourth-order valence-electron chi connectivity index (χ4n) is 3.48. The number of rotatable bonds is 8. The number of halogens is 1. The number of nitrogens with two attached hydrogens (primary N) is 1. The number of aliphatic carboxylic acids is 1. The summed E-state index contributed by atoms with van der Waals surface area (Å²) in [6.45, 7) is 1.82. The number of carboxylic acid groups (broad SMARTS) is 1. The van der Waals surface area contributed by atoms with E-state index in [1.54, 1.807) is 0 Å². The van der Waals surface area contributed by atoms with Gasteiger partial charge in [-0.25, -0.2) is 0 Å². The number of benzene rings is 1. The third-order valence-corrected chi connectivity index (χ3v) is 4.98. The van der Waals surface area contributed by atoms with E-state index in [-0.39, 0.29) is 30.8 Å². The van der Waals surface area contributed by atoms with Crippen LogP contribution in [0.25, 0.3) is 0 Å². The van der Waals surface area contributed by atoms with Crippen LogP contribution in [0.5, 0.6) is 0 Å². The van der Waals surface area contributed by atoms with Gasteiger partial charge in [0.25, 0.3) is 0 Å². The van der Waals surface area contributed by atoms with Crippen LogP contribution in [0.3, 0.4) is 0 Å². The zero-order valence-corrected chi connectivity index (χ0v) is 15.2. The SMILES string of the molecule is CC(CC(=O)OC1CCCC1Cc1cccc(Cl)c1)C[C@H](N)C(=O)O. The minimum atomic E-state index is -1.04. The van der Waals surface area contributed by atoms with Crippen LogP contribution in [0, 0.1) is 11.8 Å². The molecule has 25 heavy (non-hydrogen) atoms. The van der Waals surface area contributed by atoms with Gasteiger partial charge in [-0.1, -0.05) is 30.7 Å². The summed E-state index contributed by atoms with van der Waals surface area (Å²) in [5.41, 5.74) is 6.67. The van der Waals surface area contributed by atoms with E-state index < -0.39 is 12.0 Å². The highest BCUT2D eigenvalue weighted by Gasteiger charge is 2.31. The number of hydrogen-bond acceptors (Lipinski definition) is 4. The second kappa shape index (κ2) is 9.20. The van der Waals surface area contributed by atoms with Crippen molar-refractivity contribution in [1.29, 1.82) is 0 Å². The molecule has 6 heteroatoms. The molecule has 1 saturated carbocycles. The van der Waals surface area contributed by atoms with Gasteiger partial charge in [0.2, 0.25) is 0 Å². The molecule has 3 unspecified atom stereocenters. The van der Waals surface area contributed by atoms with Gasteiger partial charge in [0.15, 0.2) is 0 Å². The lowest BCUT2D eigenvalue weighted by atomic mass is 9.96. The first-order valence-corrected chi connectivity index (χ1v) is 9.15. The molecule has 138 valence electrons. The molecule has 0 spiro atoms. The van der Waals surface area contributed by atoms with Crippen molar-refractivity contribution < 1.29 is 19.4 Å². The lowest BCUT2D eigenvalue weighted by molar-refractivity contribution is -0.152. The predicted octanol–water partition coefficient (Wildman–Crippen LogP) is 3.42. The van der Waals surface area contributed by atoms with Gasteiger partial charge in [-0.2, -0.15) is 0 Å². The summed E-state index contributed by atoms with van der Waals surface area (Å²) in [6, 6.07) is 6.83. The summed E-state index contributed by atoms with van der Waals surface area (Å²) < 4.78 is 5.68. The number of ether oxygens (including phenoxy) is 1. The third-order valence-electron chi connectivity index (χ3n) is 4.75. The van der Waals surface area contributed by atoms with Crippen LogP contribution < -0.4 is 5.73 Å². The largest absolute Gasteiger partial charge is 0.480 e. The Balaban J connectivity index is 1.83. The van der Waals surface area contributed by atoms with Crippen molar-refractivity contribution in [3.8, 4) is 0 Å². The van der Waals surface area contributed by atoms with Gasteiger partial charge in [0.1, 0.15) is 12.1 Å². The van der Waals surface area contributed by atoms with Crippen LogP contribution in [0.1, 0.15) is 44.6 Å². The van der Waals surface area contributed by atoms with Gasteiger partial charge in [-0.15, -0.1) is 0 Å². The number of carbonyl (C=O) groups is 2. The van der Waals surface area contributed by atoms with Crippen LogP contribution in [0.15, 0.2) is 24.3 Å². The van der Waals surface area contributed by atoms with Crippen molar-refractivity contribution in [1.82, 2.24) is 0 Å². The highest BCUT2D eigenvalue weighted by molar-refractivity contribution is 6.30. The van der Waals surface area contributed by atoms with Crippen molar-refractivity contribution in [3.05, 3.63) is 34.9 Å². The summed E-state index contributed by atoms with van der Waals surface area (Å²) in [5, 5.41) is 9.55. The molecule has 5 nitrogen and oxygen atoms in total. The van der Waals surface area contributed by atoms with Gasteiger partial charge >= 0.3 is 11.9 Å². The summed E-state index contributed by atoms with van der Waals surface area (Å²) in [7, 11) is 0. The first kappa shape index (κ1) is 19.7. The number of esters is 1. The predicted molar refractivity (Wildman–Crippen MR) is 96.4 cm³/mol. The Bertz CT molecular complexity index is 607. The summed E-state index contributed by atoms with van der Waals surface area (Å²) in [5.74, 6) is -1.13. The second-order valence-electron chi connectivity index (χ2n) is 7.04. The molecule has 1 aliphatic rings. The van der Waals surface area contributed by atoms with Gasteiger partial charge in [0, 0.05) is 11.4 Å². The maximum Gasteiger partial charge on any atom is 0.320 e. The van der Waals surface area contributed by atoms with E-state index >= 15 is 0 Å². The van der Waals surface area contributed by atoms with E-state index in [4.69, 9.17) is 27.2 Å². The average Bonchev–Trinajstić information content (AvgIpc) is 2.93. The second-order valence-corrected chi connectivity index (χ2v) is 7.48. The van der Waals surface area contributed by atoms with Gasteiger partial charge in [-0.3, -0.25) is 9.59 Å². The van der Waals surface area contributed by atoms with Crippen LogP contribution in [-0.4, -0.2) is 29.2 Å². The number of hydrogen-bond donors (Lipinski definition) is 2. The van der Waals surface area contributed by atoms with Gasteiger partial charge < -0.3 is 15.6 Å². The van der Waals surface area contributed by atoms with Crippen LogP contribution >= 0.6 is 11.6 Å². The van der Waals surface area contributed by atoms with E-state index in [2.05, 4.69) is 0 Å². The highest BCUT2D eigenvalue weighted by Crippen LogP contribution is 2.32. The topological polar surface area (TPSA) is 89.6 Å². The van der Waals surface area contributed by atoms with E-state index in [0.29, 0.717) is 10.9 Å². The molecular weight excluding hydrogens is 342 g/mol. The normalized spacial score (nSPS) is 22.4. The molecule has 1 aromatic rings. The van der Waals surface area contributed by atoms with Crippen LogP contribution in [0.4, 0.5) is 0 Å². The number of carboxylic acids is 1. The standard InChI is InChI=1S/C19H26ClNO4/c1-12(8-16(21)19(23)24)9-18(22)25-17-7-3-5-14(17)10-13-4-2-6-15(20)11-13/h2,4,6,11-12,14,16-17H,3,5,7-10,21H2,1H3,(H,23,24)/t12?,14?,16-,17?/m0/s1. The molecule has 0 radical (unpaired) electrons.